The normalized spacial score (nSPS) is 13.4. The highest BCUT2D eigenvalue weighted by Gasteiger charge is 2.29. The van der Waals surface area contributed by atoms with Gasteiger partial charge in [-0.2, -0.15) is 0 Å². The van der Waals surface area contributed by atoms with Crippen molar-refractivity contribution in [2.24, 2.45) is 0 Å². The van der Waals surface area contributed by atoms with E-state index in [9.17, 15) is 9.59 Å². The molecule has 0 unspecified atom stereocenters. The van der Waals surface area contributed by atoms with Gasteiger partial charge in [-0.15, -0.1) is 11.3 Å². The molecule has 1 aliphatic heterocycles. The van der Waals surface area contributed by atoms with E-state index in [4.69, 9.17) is 21.7 Å². The standard InChI is InChI=1S/C20H22N2O4S2/c1-20(2,3)26-18(24)15-13-9-10-25-11-14(13)28-17(15)22-19(27)21-16(23)12-7-5-4-6-8-12/h4-8H,9-11H2,1-3H3,(H2,21,22,23,27). The van der Waals surface area contributed by atoms with Crippen molar-refractivity contribution in [1.82, 2.24) is 5.32 Å². The minimum atomic E-state index is -0.615. The minimum absolute atomic E-state index is 0.123. The topological polar surface area (TPSA) is 76.7 Å². The van der Waals surface area contributed by atoms with E-state index < -0.39 is 11.6 Å². The Bertz CT molecular complexity index is 901. The quantitative estimate of drug-likeness (QED) is 0.582. The summed E-state index contributed by atoms with van der Waals surface area (Å²) in [6, 6.07) is 8.79. The Balaban J connectivity index is 1.81. The molecule has 0 saturated heterocycles. The fraction of sp³-hybridized carbons (Fsp3) is 0.350. The molecular formula is C20H22N2O4S2. The monoisotopic (exact) mass is 418 g/mol. The van der Waals surface area contributed by atoms with Crippen LogP contribution in [0.5, 0.6) is 0 Å². The SMILES string of the molecule is CC(C)(C)OC(=O)c1c(NC(=S)NC(=O)c2ccccc2)sc2c1CCOC2. The van der Waals surface area contributed by atoms with E-state index in [1.807, 2.05) is 26.8 Å². The molecule has 28 heavy (non-hydrogen) atoms. The van der Waals surface area contributed by atoms with Crippen molar-refractivity contribution in [3.63, 3.8) is 0 Å². The maximum absolute atomic E-state index is 12.8. The lowest BCUT2D eigenvalue weighted by molar-refractivity contribution is 0.00685. The van der Waals surface area contributed by atoms with Crippen LogP contribution in [0, 0.1) is 0 Å². The Kier molecular flexibility index (Phi) is 6.12. The van der Waals surface area contributed by atoms with Crippen molar-refractivity contribution in [2.75, 3.05) is 11.9 Å². The van der Waals surface area contributed by atoms with Gasteiger partial charge in [0.1, 0.15) is 10.6 Å². The van der Waals surface area contributed by atoms with E-state index in [2.05, 4.69) is 10.6 Å². The third kappa shape index (κ3) is 4.95. The molecule has 1 aromatic carbocycles. The van der Waals surface area contributed by atoms with Gasteiger partial charge in [0.15, 0.2) is 5.11 Å². The number of amides is 1. The van der Waals surface area contributed by atoms with Crippen LogP contribution < -0.4 is 10.6 Å². The number of hydrogen-bond acceptors (Lipinski definition) is 6. The molecule has 0 atom stereocenters. The molecule has 6 nitrogen and oxygen atoms in total. The number of anilines is 1. The predicted octanol–water partition coefficient (Wildman–Crippen LogP) is 3.90. The Morgan fingerprint density at radius 3 is 2.61 bits per heavy atom. The van der Waals surface area contributed by atoms with Crippen molar-refractivity contribution < 1.29 is 19.1 Å². The van der Waals surface area contributed by atoms with Crippen LogP contribution in [-0.2, 0) is 22.5 Å². The lowest BCUT2D eigenvalue weighted by atomic mass is 10.1. The first-order chi connectivity index (χ1) is 13.2. The van der Waals surface area contributed by atoms with Gasteiger partial charge in [-0.05, 0) is 57.1 Å². The molecule has 1 amide bonds. The van der Waals surface area contributed by atoms with Crippen molar-refractivity contribution in [3.8, 4) is 0 Å². The lowest BCUT2D eigenvalue weighted by Gasteiger charge is -2.21. The van der Waals surface area contributed by atoms with Crippen molar-refractivity contribution in [1.29, 1.82) is 0 Å². The fourth-order valence-corrected chi connectivity index (χ4v) is 4.20. The van der Waals surface area contributed by atoms with Crippen molar-refractivity contribution >= 4 is 45.5 Å². The van der Waals surface area contributed by atoms with Gasteiger partial charge in [-0.1, -0.05) is 18.2 Å². The van der Waals surface area contributed by atoms with Gasteiger partial charge in [-0.3, -0.25) is 10.1 Å². The molecular weight excluding hydrogens is 396 g/mol. The van der Waals surface area contributed by atoms with E-state index in [0.29, 0.717) is 35.8 Å². The number of esters is 1. The lowest BCUT2D eigenvalue weighted by Crippen LogP contribution is -2.34. The molecule has 0 bridgehead atoms. The molecule has 0 aliphatic carbocycles. The van der Waals surface area contributed by atoms with Crippen molar-refractivity contribution in [2.45, 2.75) is 39.4 Å². The first kappa shape index (κ1) is 20.4. The van der Waals surface area contributed by atoms with E-state index in [-0.39, 0.29) is 11.0 Å². The minimum Gasteiger partial charge on any atom is -0.456 e. The molecule has 0 saturated carbocycles. The second-order valence-corrected chi connectivity index (χ2v) is 8.80. The summed E-state index contributed by atoms with van der Waals surface area (Å²) in [6.45, 7) is 6.47. The first-order valence-corrected chi connectivity index (χ1v) is 10.1. The molecule has 0 radical (unpaired) electrons. The number of rotatable bonds is 3. The highest BCUT2D eigenvalue weighted by Crippen LogP contribution is 2.37. The van der Waals surface area contributed by atoms with Gasteiger partial charge < -0.3 is 14.8 Å². The Labute approximate surface area is 173 Å². The number of hydrogen-bond donors (Lipinski definition) is 2. The maximum atomic E-state index is 12.8. The summed E-state index contributed by atoms with van der Waals surface area (Å²) in [5, 5.41) is 6.32. The van der Waals surface area contributed by atoms with Crippen LogP contribution in [0.2, 0.25) is 0 Å². The zero-order valence-corrected chi connectivity index (χ0v) is 17.6. The molecule has 2 heterocycles. The van der Waals surface area contributed by atoms with E-state index in [1.165, 1.54) is 11.3 Å². The van der Waals surface area contributed by atoms with Crippen molar-refractivity contribution in [3.05, 3.63) is 51.9 Å². The van der Waals surface area contributed by atoms with Crippen LogP contribution in [0.1, 0.15) is 51.9 Å². The molecule has 0 fully saturated rings. The van der Waals surface area contributed by atoms with Gasteiger partial charge in [-0.25, -0.2) is 4.79 Å². The molecule has 148 valence electrons. The summed E-state index contributed by atoms with van der Waals surface area (Å²) in [6.07, 6.45) is 0.630. The maximum Gasteiger partial charge on any atom is 0.341 e. The highest BCUT2D eigenvalue weighted by molar-refractivity contribution is 7.80. The molecule has 2 N–H and O–H groups in total. The molecule has 1 aromatic heterocycles. The Hall–Kier alpha value is -2.29. The number of thiocarbonyl (C=S) groups is 1. The average Bonchev–Trinajstić information content (AvgIpc) is 2.98. The summed E-state index contributed by atoms with van der Waals surface area (Å²) < 4.78 is 11.1. The number of benzene rings is 1. The van der Waals surface area contributed by atoms with Gasteiger partial charge in [0.2, 0.25) is 0 Å². The molecule has 1 aliphatic rings. The third-order valence-electron chi connectivity index (χ3n) is 3.91. The van der Waals surface area contributed by atoms with E-state index in [0.717, 1.165) is 10.4 Å². The summed E-state index contributed by atoms with van der Waals surface area (Å²) >= 11 is 6.68. The number of carbonyl (C=O) groups is 2. The van der Waals surface area contributed by atoms with Gasteiger partial charge in [0.05, 0.1) is 18.8 Å². The van der Waals surface area contributed by atoms with Crippen LogP contribution >= 0.6 is 23.6 Å². The zero-order chi connectivity index (χ0) is 20.3. The van der Waals surface area contributed by atoms with Crippen LogP contribution in [0.4, 0.5) is 5.00 Å². The van der Waals surface area contributed by atoms with Gasteiger partial charge in [0.25, 0.3) is 5.91 Å². The highest BCUT2D eigenvalue weighted by atomic mass is 32.1. The molecule has 2 aromatic rings. The summed E-state index contributed by atoms with van der Waals surface area (Å²) in [7, 11) is 0. The molecule has 8 heteroatoms. The number of carbonyl (C=O) groups excluding carboxylic acids is 2. The first-order valence-electron chi connectivity index (χ1n) is 8.87. The van der Waals surface area contributed by atoms with Crippen LogP contribution in [-0.4, -0.2) is 29.2 Å². The van der Waals surface area contributed by atoms with Crippen LogP contribution in [0.15, 0.2) is 30.3 Å². The van der Waals surface area contributed by atoms with Gasteiger partial charge >= 0.3 is 5.97 Å². The predicted molar refractivity (Wildman–Crippen MR) is 113 cm³/mol. The largest absolute Gasteiger partial charge is 0.456 e. The smallest absolute Gasteiger partial charge is 0.341 e. The Morgan fingerprint density at radius 2 is 1.93 bits per heavy atom. The summed E-state index contributed by atoms with van der Waals surface area (Å²) in [5.74, 6) is -0.729. The number of fused-ring (bicyclic) bond motifs is 1. The molecule has 0 spiro atoms. The average molecular weight is 419 g/mol. The zero-order valence-electron chi connectivity index (χ0n) is 16.0. The second-order valence-electron chi connectivity index (χ2n) is 7.29. The number of ether oxygens (including phenoxy) is 2. The summed E-state index contributed by atoms with van der Waals surface area (Å²) in [4.78, 5) is 26.1. The number of nitrogens with one attached hydrogen (secondary N) is 2. The number of thiophene rings is 1. The third-order valence-corrected chi connectivity index (χ3v) is 5.24. The van der Waals surface area contributed by atoms with Crippen LogP contribution in [0.25, 0.3) is 0 Å². The summed E-state index contributed by atoms with van der Waals surface area (Å²) in [5.41, 5.74) is 1.27. The fourth-order valence-electron chi connectivity index (χ4n) is 2.76. The second kappa shape index (κ2) is 8.38. The van der Waals surface area contributed by atoms with E-state index >= 15 is 0 Å². The van der Waals surface area contributed by atoms with Gasteiger partial charge in [0, 0.05) is 10.4 Å². The molecule has 3 rings (SSSR count). The van der Waals surface area contributed by atoms with E-state index in [1.54, 1.807) is 24.3 Å². The van der Waals surface area contributed by atoms with Crippen LogP contribution in [0.3, 0.4) is 0 Å². The Morgan fingerprint density at radius 1 is 1.21 bits per heavy atom.